The monoisotopic (exact) mass is 363 g/mol. The molecule has 6 nitrogen and oxygen atoms in total. The topological polar surface area (TPSA) is 107 Å². The van der Waals surface area contributed by atoms with Crippen molar-refractivity contribution in [2.24, 2.45) is 11.5 Å². The molecule has 0 heterocycles. The second-order valence-corrected chi connectivity index (χ2v) is 6.83. The maximum Gasteiger partial charge on any atom is 0.219 e. The molecule has 0 aliphatic carbocycles. The zero-order chi connectivity index (χ0) is 19.5. The summed E-state index contributed by atoms with van der Waals surface area (Å²) in [4.78, 5) is 22.0. The van der Waals surface area contributed by atoms with E-state index in [4.69, 9.17) is 16.2 Å². The average Bonchev–Trinajstić information content (AvgIpc) is 2.61. The number of benzene rings is 1. The SMILES string of the molecule is CNC(=O)CCCCc1ccc(CO[C@H](C)C(N)CCC(N)=O)c(C)c1. The third kappa shape index (κ3) is 8.45. The van der Waals surface area contributed by atoms with E-state index in [0.29, 0.717) is 19.4 Å². The fourth-order valence-corrected chi connectivity index (χ4v) is 2.70. The van der Waals surface area contributed by atoms with Crippen molar-refractivity contribution < 1.29 is 14.3 Å². The summed E-state index contributed by atoms with van der Waals surface area (Å²) >= 11 is 0. The Bertz CT molecular complexity index is 590. The van der Waals surface area contributed by atoms with E-state index >= 15 is 0 Å². The summed E-state index contributed by atoms with van der Waals surface area (Å²) in [5, 5.41) is 2.64. The number of amides is 2. The maximum absolute atomic E-state index is 11.2. The van der Waals surface area contributed by atoms with Gasteiger partial charge in [0.05, 0.1) is 12.7 Å². The number of nitrogens with two attached hydrogens (primary N) is 2. The van der Waals surface area contributed by atoms with Crippen LogP contribution in [0.3, 0.4) is 0 Å². The van der Waals surface area contributed by atoms with Crippen molar-refractivity contribution in [1.29, 1.82) is 0 Å². The molecule has 5 N–H and O–H groups in total. The Kier molecular flexibility index (Phi) is 9.91. The number of hydrogen-bond donors (Lipinski definition) is 3. The Hall–Kier alpha value is -1.92. The summed E-state index contributed by atoms with van der Waals surface area (Å²) < 4.78 is 5.86. The van der Waals surface area contributed by atoms with Crippen LogP contribution in [-0.2, 0) is 27.4 Å². The van der Waals surface area contributed by atoms with E-state index in [1.54, 1.807) is 7.05 Å². The fourth-order valence-electron chi connectivity index (χ4n) is 2.70. The van der Waals surface area contributed by atoms with Crippen molar-refractivity contribution in [3.63, 3.8) is 0 Å². The molecule has 0 bridgehead atoms. The smallest absolute Gasteiger partial charge is 0.219 e. The molecular formula is C20H33N3O3. The molecule has 2 amide bonds. The van der Waals surface area contributed by atoms with E-state index in [9.17, 15) is 9.59 Å². The number of carbonyl (C=O) groups is 2. The predicted molar refractivity (Wildman–Crippen MR) is 103 cm³/mol. The van der Waals surface area contributed by atoms with Crippen LogP contribution in [0.15, 0.2) is 18.2 Å². The van der Waals surface area contributed by atoms with Crippen LogP contribution in [0.5, 0.6) is 0 Å². The number of carbonyl (C=O) groups excluding carboxylic acids is 2. The average molecular weight is 364 g/mol. The van der Waals surface area contributed by atoms with Gasteiger partial charge in [-0.1, -0.05) is 18.2 Å². The molecule has 0 radical (unpaired) electrons. The molecule has 0 aromatic heterocycles. The largest absolute Gasteiger partial charge is 0.372 e. The standard InChI is InChI=1S/C20H33N3O3/c1-14-12-16(6-4-5-7-20(25)23-3)8-9-17(14)13-26-15(2)18(21)10-11-19(22)24/h8-9,12,15,18H,4-7,10-11,13,21H2,1-3H3,(H2,22,24)(H,23,25)/t15-,18?/m1/s1. The van der Waals surface area contributed by atoms with Gasteiger partial charge in [0.1, 0.15) is 0 Å². The number of rotatable bonds is 12. The normalized spacial score (nSPS) is 13.2. The first-order valence-corrected chi connectivity index (χ1v) is 9.28. The van der Waals surface area contributed by atoms with Gasteiger partial charge in [-0.15, -0.1) is 0 Å². The Balaban J connectivity index is 2.42. The number of unbranched alkanes of at least 4 members (excludes halogenated alkanes) is 1. The lowest BCUT2D eigenvalue weighted by atomic mass is 10.0. The molecular weight excluding hydrogens is 330 g/mol. The van der Waals surface area contributed by atoms with Crippen molar-refractivity contribution in [2.45, 2.75) is 71.1 Å². The summed E-state index contributed by atoms with van der Waals surface area (Å²) in [7, 11) is 1.66. The zero-order valence-electron chi connectivity index (χ0n) is 16.2. The summed E-state index contributed by atoms with van der Waals surface area (Å²) in [6, 6.07) is 6.17. The summed E-state index contributed by atoms with van der Waals surface area (Å²) in [5.74, 6) is -0.244. The lowest BCUT2D eigenvalue weighted by Crippen LogP contribution is -2.35. The first-order valence-electron chi connectivity index (χ1n) is 9.28. The quantitative estimate of drug-likeness (QED) is 0.493. The van der Waals surface area contributed by atoms with E-state index in [0.717, 1.165) is 24.8 Å². The maximum atomic E-state index is 11.2. The van der Waals surface area contributed by atoms with Gasteiger partial charge < -0.3 is 21.5 Å². The van der Waals surface area contributed by atoms with Gasteiger partial charge in [-0.25, -0.2) is 0 Å². The van der Waals surface area contributed by atoms with Gasteiger partial charge in [0.2, 0.25) is 11.8 Å². The lowest BCUT2D eigenvalue weighted by Gasteiger charge is -2.20. The number of primary amides is 1. The van der Waals surface area contributed by atoms with Crippen LogP contribution < -0.4 is 16.8 Å². The molecule has 0 fully saturated rings. The molecule has 6 heteroatoms. The Morgan fingerprint density at radius 1 is 1.23 bits per heavy atom. The number of nitrogens with one attached hydrogen (secondary N) is 1. The first-order chi connectivity index (χ1) is 12.3. The van der Waals surface area contributed by atoms with E-state index < -0.39 is 0 Å². The van der Waals surface area contributed by atoms with Crippen molar-refractivity contribution >= 4 is 11.8 Å². The third-order valence-electron chi connectivity index (χ3n) is 4.63. The molecule has 0 aliphatic heterocycles. The zero-order valence-corrected chi connectivity index (χ0v) is 16.2. The highest BCUT2D eigenvalue weighted by Gasteiger charge is 2.14. The van der Waals surface area contributed by atoms with Gasteiger partial charge in [-0.05, 0) is 56.2 Å². The third-order valence-corrected chi connectivity index (χ3v) is 4.63. The summed E-state index contributed by atoms with van der Waals surface area (Å²) in [5.41, 5.74) is 14.8. The highest BCUT2D eigenvalue weighted by atomic mass is 16.5. The second-order valence-electron chi connectivity index (χ2n) is 6.83. The molecule has 2 atom stereocenters. The van der Waals surface area contributed by atoms with E-state index in [1.807, 2.05) is 6.92 Å². The molecule has 0 spiro atoms. The lowest BCUT2D eigenvalue weighted by molar-refractivity contribution is -0.121. The summed E-state index contributed by atoms with van der Waals surface area (Å²) in [6.07, 6.45) is 4.10. The van der Waals surface area contributed by atoms with Crippen molar-refractivity contribution in [1.82, 2.24) is 5.32 Å². The Morgan fingerprint density at radius 2 is 1.96 bits per heavy atom. The molecule has 0 aliphatic rings. The number of aryl methyl sites for hydroxylation is 2. The highest BCUT2D eigenvalue weighted by Crippen LogP contribution is 2.16. The Labute approximate surface area is 156 Å². The van der Waals surface area contributed by atoms with Crippen LogP contribution in [0.1, 0.15) is 55.7 Å². The minimum Gasteiger partial charge on any atom is -0.372 e. The van der Waals surface area contributed by atoms with Gasteiger partial charge >= 0.3 is 0 Å². The van der Waals surface area contributed by atoms with Crippen LogP contribution in [0, 0.1) is 6.92 Å². The second kappa shape index (κ2) is 11.6. The van der Waals surface area contributed by atoms with Crippen LogP contribution in [0.4, 0.5) is 0 Å². The van der Waals surface area contributed by atoms with Gasteiger partial charge in [0, 0.05) is 25.9 Å². The molecule has 1 unspecified atom stereocenters. The van der Waals surface area contributed by atoms with Crippen molar-refractivity contribution in [3.8, 4) is 0 Å². The first kappa shape index (κ1) is 22.1. The summed E-state index contributed by atoms with van der Waals surface area (Å²) in [6.45, 7) is 4.49. The molecule has 1 rings (SSSR count). The van der Waals surface area contributed by atoms with E-state index in [1.165, 1.54) is 11.1 Å². The fraction of sp³-hybridized carbons (Fsp3) is 0.600. The van der Waals surface area contributed by atoms with Gasteiger partial charge in [0.15, 0.2) is 0 Å². The van der Waals surface area contributed by atoms with Gasteiger partial charge in [-0.2, -0.15) is 0 Å². The molecule has 26 heavy (non-hydrogen) atoms. The van der Waals surface area contributed by atoms with Crippen molar-refractivity contribution in [2.75, 3.05) is 7.05 Å². The van der Waals surface area contributed by atoms with E-state index in [-0.39, 0.29) is 30.4 Å². The number of ether oxygens (including phenoxy) is 1. The number of hydrogen-bond acceptors (Lipinski definition) is 4. The van der Waals surface area contributed by atoms with Crippen LogP contribution in [0.2, 0.25) is 0 Å². The van der Waals surface area contributed by atoms with Crippen LogP contribution in [-0.4, -0.2) is 31.0 Å². The minimum absolute atomic E-state index is 0.0943. The Morgan fingerprint density at radius 3 is 2.58 bits per heavy atom. The van der Waals surface area contributed by atoms with Gasteiger partial charge in [0.25, 0.3) is 0 Å². The molecule has 0 saturated carbocycles. The molecule has 0 saturated heterocycles. The van der Waals surface area contributed by atoms with E-state index in [2.05, 4.69) is 30.4 Å². The molecule has 146 valence electrons. The van der Waals surface area contributed by atoms with Crippen molar-refractivity contribution in [3.05, 3.63) is 34.9 Å². The molecule has 1 aromatic carbocycles. The van der Waals surface area contributed by atoms with Crippen LogP contribution in [0.25, 0.3) is 0 Å². The predicted octanol–water partition coefficient (Wildman–Crippen LogP) is 1.95. The molecule has 1 aromatic rings. The minimum atomic E-state index is -0.339. The van der Waals surface area contributed by atoms with Crippen LogP contribution >= 0.6 is 0 Å². The highest BCUT2D eigenvalue weighted by molar-refractivity contribution is 5.75. The van der Waals surface area contributed by atoms with Gasteiger partial charge in [-0.3, -0.25) is 9.59 Å².